The fourth-order valence-electron chi connectivity index (χ4n) is 1.63. The van der Waals surface area contributed by atoms with Crippen LogP contribution in [0.1, 0.15) is 34.6 Å². The lowest BCUT2D eigenvalue weighted by Crippen LogP contribution is -2.40. The van der Waals surface area contributed by atoms with Crippen LogP contribution in [-0.4, -0.2) is 22.6 Å². The van der Waals surface area contributed by atoms with Crippen LogP contribution in [0.5, 0.6) is 0 Å². The molecule has 0 radical (unpaired) electrons. The van der Waals surface area contributed by atoms with Crippen molar-refractivity contribution in [3.8, 4) is 0 Å². The molecule has 0 spiro atoms. The largest absolute Gasteiger partial charge is 0.458 e. The second-order valence-corrected chi connectivity index (χ2v) is 6.10. The van der Waals surface area contributed by atoms with E-state index in [4.69, 9.17) is 4.74 Å². The van der Waals surface area contributed by atoms with E-state index in [-0.39, 0.29) is 0 Å². The monoisotopic (exact) mass is 322 g/mol. The van der Waals surface area contributed by atoms with Gasteiger partial charge in [0.2, 0.25) is 11.6 Å². The maximum Gasteiger partial charge on any atom is 0.329 e. The summed E-state index contributed by atoms with van der Waals surface area (Å²) in [6.07, 6.45) is 0. The highest BCUT2D eigenvalue weighted by atomic mass is 19.2. The number of esters is 1. The molecule has 0 bridgehead atoms. The molecular formula is C14H18F4N2O2. The molecule has 1 aromatic rings. The number of pyridine rings is 1. The Labute approximate surface area is 125 Å². The Balaban J connectivity index is 3.15. The topological polar surface area (TPSA) is 51.2 Å². The van der Waals surface area contributed by atoms with Crippen molar-refractivity contribution in [1.82, 2.24) is 4.98 Å². The molecular weight excluding hydrogens is 304 g/mol. The molecule has 1 aromatic heterocycles. The van der Waals surface area contributed by atoms with Crippen LogP contribution in [0.4, 0.5) is 23.2 Å². The minimum Gasteiger partial charge on any atom is -0.458 e. The van der Waals surface area contributed by atoms with Gasteiger partial charge in [-0.3, -0.25) is 0 Å². The van der Waals surface area contributed by atoms with Gasteiger partial charge in [-0.15, -0.1) is 0 Å². The lowest BCUT2D eigenvalue weighted by molar-refractivity contribution is -0.156. The molecule has 0 amide bonds. The van der Waals surface area contributed by atoms with Gasteiger partial charge in [-0.25, -0.2) is 4.79 Å². The van der Waals surface area contributed by atoms with Crippen molar-refractivity contribution in [2.24, 2.45) is 5.92 Å². The van der Waals surface area contributed by atoms with E-state index in [1.54, 1.807) is 34.6 Å². The molecule has 1 atom stereocenters. The maximum atomic E-state index is 13.6. The normalized spacial score (nSPS) is 13.2. The zero-order valence-electron chi connectivity index (χ0n) is 12.9. The Morgan fingerprint density at radius 1 is 1.09 bits per heavy atom. The standard InChI is InChI=1S/C14H18F4N2O2/c1-6(2)9(13(21)22-14(3,4)5)19-10-7(15)11(17)20-12(18)8(10)16/h6,9H,1-5H3,(H,19,20)/t9-/m1/s1. The van der Waals surface area contributed by atoms with E-state index in [0.29, 0.717) is 0 Å². The van der Waals surface area contributed by atoms with E-state index in [1.165, 1.54) is 0 Å². The van der Waals surface area contributed by atoms with E-state index >= 15 is 0 Å². The van der Waals surface area contributed by atoms with E-state index < -0.39 is 52.7 Å². The second kappa shape index (κ2) is 6.50. The van der Waals surface area contributed by atoms with Gasteiger partial charge in [0, 0.05) is 0 Å². The number of carbonyl (C=O) groups is 1. The quantitative estimate of drug-likeness (QED) is 0.524. The van der Waals surface area contributed by atoms with Gasteiger partial charge in [0.15, 0.2) is 0 Å². The SMILES string of the molecule is CC(C)[C@@H](Nc1c(F)c(F)nc(F)c1F)C(=O)OC(C)(C)C. The molecule has 0 saturated heterocycles. The average molecular weight is 322 g/mol. The third-order valence-corrected chi connectivity index (χ3v) is 2.62. The summed E-state index contributed by atoms with van der Waals surface area (Å²) in [5.41, 5.74) is -1.91. The predicted molar refractivity (Wildman–Crippen MR) is 72.2 cm³/mol. The summed E-state index contributed by atoms with van der Waals surface area (Å²) in [7, 11) is 0. The van der Waals surface area contributed by atoms with Crippen molar-refractivity contribution in [2.75, 3.05) is 5.32 Å². The summed E-state index contributed by atoms with van der Waals surface area (Å²) in [6.45, 7) is 8.04. The molecule has 22 heavy (non-hydrogen) atoms. The van der Waals surface area contributed by atoms with Crippen LogP contribution in [0.25, 0.3) is 0 Å². The number of ether oxygens (including phenoxy) is 1. The number of anilines is 1. The van der Waals surface area contributed by atoms with Gasteiger partial charge in [-0.05, 0) is 26.7 Å². The number of rotatable bonds is 4. The van der Waals surface area contributed by atoms with Crippen LogP contribution in [-0.2, 0) is 9.53 Å². The zero-order chi connectivity index (χ0) is 17.2. The number of hydrogen-bond acceptors (Lipinski definition) is 4. The van der Waals surface area contributed by atoms with Gasteiger partial charge in [0.05, 0.1) is 0 Å². The first-order chi connectivity index (χ1) is 9.94. The van der Waals surface area contributed by atoms with Crippen LogP contribution in [0, 0.1) is 29.4 Å². The molecule has 0 saturated carbocycles. The number of nitrogens with zero attached hydrogens (tertiary/aromatic N) is 1. The fraction of sp³-hybridized carbons (Fsp3) is 0.571. The Morgan fingerprint density at radius 3 is 1.91 bits per heavy atom. The van der Waals surface area contributed by atoms with Crippen LogP contribution in [0.3, 0.4) is 0 Å². The second-order valence-electron chi connectivity index (χ2n) is 6.10. The minimum absolute atomic E-state index is 0.451. The van der Waals surface area contributed by atoms with Crippen LogP contribution >= 0.6 is 0 Å². The zero-order valence-corrected chi connectivity index (χ0v) is 12.9. The van der Waals surface area contributed by atoms with E-state index in [9.17, 15) is 22.4 Å². The molecule has 0 unspecified atom stereocenters. The van der Waals surface area contributed by atoms with E-state index in [0.717, 1.165) is 0 Å². The number of halogens is 4. The first-order valence-electron chi connectivity index (χ1n) is 6.63. The summed E-state index contributed by atoms with van der Waals surface area (Å²) in [6, 6.07) is -1.19. The first kappa shape index (κ1) is 18.2. The smallest absolute Gasteiger partial charge is 0.329 e. The van der Waals surface area contributed by atoms with Gasteiger partial charge in [-0.2, -0.15) is 22.5 Å². The van der Waals surface area contributed by atoms with E-state index in [1.807, 2.05) is 0 Å². The van der Waals surface area contributed by atoms with Crippen LogP contribution in [0.2, 0.25) is 0 Å². The molecule has 0 fully saturated rings. The van der Waals surface area contributed by atoms with Crippen LogP contribution in [0.15, 0.2) is 0 Å². The van der Waals surface area contributed by atoms with Gasteiger partial charge >= 0.3 is 5.97 Å². The number of aromatic nitrogens is 1. The average Bonchev–Trinajstić information content (AvgIpc) is 2.33. The lowest BCUT2D eigenvalue weighted by Gasteiger charge is -2.27. The van der Waals surface area contributed by atoms with Gasteiger partial charge < -0.3 is 10.1 Å². The number of hydrogen-bond donors (Lipinski definition) is 1. The molecule has 8 heteroatoms. The van der Waals surface area contributed by atoms with E-state index in [2.05, 4.69) is 10.3 Å². The summed E-state index contributed by atoms with van der Waals surface area (Å²) in [5, 5.41) is 2.17. The Kier molecular flexibility index (Phi) is 5.37. The van der Waals surface area contributed by atoms with Crippen LogP contribution < -0.4 is 5.32 Å². The van der Waals surface area contributed by atoms with Gasteiger partial charge in [0.25, 0.3) is 11.9 Å². The molecule has 0 aliphatic carbocycles. The summed E-state index contributed by atoms with van der Waals surface area (Å²) in [5.74, 6) is -8.24. The predicted octanol–water partition coefficient (Wildman–Crippen LogP) is 3.42. The molecule has 1 N–H and O–H groups in total. The highest BCUT2D eigenvalue weighted by molar-refractivity contribution is 5.80. The summed E-state index contributed by atoms with van der Waals surface area (Å²) < 4.78 is 58.5. The van der Waals surface area contributed by atoms with Gasteiger partial charge in [-0.1, -0.05) is 13.8 Å². The summed E-state index contributed by atoms with van der Waals surface area (Å²) in [4.78, 5) is 14.5. The fourth-order valence-corrected chi connectivity index (χ4v) is 1.63. The Hall–Kier alpha value is -1.86. The Morgan fingerprint density at radius 2 is 1.55 bits per heavy atom. The van der Waals surface area contributed by atoms with Gasteiger partial charge in [0.1, 0.15) is 17.3 Å². The lowest BCUT2D eigenvalue weighted by atomic mass is 10.0. The molecule has 0 aromatic carbocycles. The number of nitrogens with one attached hydrogen (secondary N) is 1. The molecule has 1 heterocycles. The van der Waals surface area contributed by atoms with Crippen molar-refractivity contribution >= 4 is 11.7 Å². The summed E-state index contributed by atoms with van der Waals surface area (Å²) >= 11 is 0. The van der Waals surface area contributed by atoms with Crippen molar-refractivity contribution < 1.29 is 27.1 Å². The molecule has 4 nitrogen and oxygen atoms in total. The number of carbonyl (C=O) groups excluding carboxylic acids is 1. The van der Waals surface area contributed by atoms with Crippen molar-refractivity contribution in [2.45, 2.75) is 46.3 Å². The highest BCUT2D eigenvalue weighted by Gasteiger charge is 2.31. The molecule has 1 rings (SSSR count). The molecule has 124 valence electrons. The van der Waals surface area contributed by atoms with Crippen molar-refractivity contribution in [3.63, 3.8) is 0 Å². The molecule has 0 aliphatic rings. The third-order valence-electron chi connectivity index (χ3n) is 2.62. The highest BCUT2D eigenvalue weighted by Crippen LogP contribution is 2.25. The first-order valence-corrected chi connectivity index (χ1v) is 6.63. The van der Waals surface area contributed by atoms with Crippen molar-refractivity contribution in [1.29, 1.82) is 0 Å². The minimum atomic E-state index is -1.80. The maximum absolute atomic E-state index is 13.6. The third kappa shape index (κ3) is 4.32. The Bertz CT molecular complexity index is 545. The van der Waals surface area contributed by atoms with Crippen molar-refractivity contribution in [3.05, 3.63) is 23.5 Å². The molecule has 0 aliphatic heterocycles.